The van der Waals surface area contributed by atoms with Crippen molar-refractivity contribution in [1.82, 2.24) is 14.9 Å². The third-order valence-electron chi connectivity index (χ3n) is 7.74. The molecule has 3 atom stereocenters. The number of hydrogen-bond acceptors (Lipinski definition) is 6. The van der Waals surface area contributed by atoms with Crippen molar-refractivity contribution in [3.05, 3.63) is 70.4 Å². The summed E-state index contributed by atoms with van der Waals surface area (Å²) in [6.07, 6.45) is 5.47. The fourth-order valence-corrected chi connectivity index (χ4v) is 5.46. The summed E-state index contributed by atoms with van der Waals surface area (Å²) in [5, 5.41) is 0. The van der Waals surface area contributed by atoms with Crippen LogP contribution in [-0.4, -0.2) is 53.2 Å². The first kappa shape index (κ1) is 26.8. The minimum Gasteiger partial charge on any atom is -0.461 e. The van der Waals surface area contributed by atoms with Gasteiger partial charge in [0, 0.05) is 37.4 Å². The molecule has 1 saturated carbocycles. The maximum atomic E-state index is 16.8. The Morgan fingerprint density at radius 2 is 2.10 bits per heavy atom. The van der Waals surface area contributed by atoms with Crippen LogP contribution in [0.15, 0.2) is 47.8 Å². The lowest BCUT2D eigenvalue weighted by Crippen LogP contribution is -2.38. The third-order valence-corrected chi connectivity index (χ3v) is 7.74. The van der Waals surface area contributed by atoms with Gasteiger partial charge in [0.15, 0.2) is 5.67 Å². The Balaban J connectivity index is 1.43. The molecule has 7 nitrogen and oxygen atoms in total. The number of nitrogens with zero attached hydrogens (tertiary/aromatic N) is 3. The number of halogens is 2. The number of methoxy groups -OCH3 is 1. The number of likely N-dealkylation sites (tertiary alicyclic amines) is 1. The van der Waals surface area contributed by atoms with Crippen LogP contribution < -0.4 is 10.5 Å². The van der Waals surface area contributed by atoms with Crippen LogP contribution >= 0.6 is 0 Å². The van der Waals surface area contributed by atoms with Gasteiger partial charge in [0.1, 0.15) is 12.4 Å². The number of benzene rings is 1. The van der Waals surface area contributed by atoms with Crippen LogP contribution in [0.3, 0.4) is 0 Å². The monoisotopic (exact) mass is 534 g/mol. The lowest BCUT2D eigenvalue weighted by Gasteiger charge is -2.32. The van der Waals surface area contributed by atoms with Gasteiger partial charge >= 0.3 is 6.01 Å². The van der Waals surface area contributed by atoms with Gasteiger partial charge in [-0.05, 0) is 68.2 Å². The summed E-state index contributed by atoms with van der Waals surface area (Å²) in [6, 6.07) is 6.09. The molecule has 1 unspecified atom stereocenters. The number of nitrogens with two attached hydrogens (primary N) is 1. The predicted molar refractivity (Wildman–Crippen MR) is 143 cm³/mol. The van der Waals surface area contributed by atoms with E-state index in [2.05, 4.69) is 21.8 Å². The van der Waals surface area contributed by atoms with E-state index < -0.39 is 11.5 Å². The zero-order chi connectivity index (χ0) is 27.7. The van der Waals surface area contributed by atoms with E-state index in [4.69, 9.17) is 15.2 Å². The quantitative estimate of drug-likeness (QED) is 0.530. The highest BCUT2D eigenvalue weighted by Crippen LogP contribution is 2.49. The second-order valence-electron chi connectivity index (χ2n) is 10.3. The smallest absolute Gasteiger partial charge is 0.316 e. The molecular weight excluding hydrogens is 502 g/mol. The Morgan fingerprint density at radius 1 is 1.31 bits per heavy atom. The van der Waals surface area contributed by atoms with Crippen LogP contribution in [0.5, 0.6) is 6.01 Å². The van der Waals surface area contributed by atoms with Crippen molar-refractivity contribution >= 4 is 11.5 Å². The first-order chi connectivity index (χ1) is 18.8. The Hall–Kier alpha value is -3.77. The van der Waals surface area contributed by atoms with Crippen molar-refractivity contribution in [2.45, 2.75) is 63.3 Å². The number of carbonyl (C=O) groups is 1. The van der Waals surface area contributed by atoms with Gasteiger partial charge in [0.2, 0.25) is 0 Å². The van der Waals surface area contributed by atoms with Gasteiger partial charge in [-0.1, -0.05) is 24.1 Å². The Kier molecular flexibility index (Phi) is 7.41. The van der Waals surface area contributed by atoms with Gasteiger partial charge in [0.05, 0.1) is 23.5 Å². The van der Waals surface area contributed by atoms with Crippen LogP contribution in [0.1, 0.15) is 62.3 Å². The molecule has 2 aliphatic carbocycles. The molecule has 39 heavy (non-hydrogen) atoms. The van der Waals surface area contributed by atoms with Crippen molar-refractivity contribution in [2.75, 3.05) is 20.3 Å². The normalized spacial score (nSPS) is 24.7. The van der Waals surface area contributed by atoms with Crippen LogP contribution in [0.25, 0.3) is 5.57 Å². The molecule has 5 rings (SSSR count). The Morgan fingerprint density at radius 3 is 2.82 bits per heavy atom. The lowest BCUT2D eigenvalue weighted by molar-refractivity contribution is -0.126. The Bertz CT molecular complexity index is 1410. The fourth-order valence-electron chi connectivity index (χ4n) is 5.46. The molecule has 1 amide bonds. The summed E-state index contributed by atoms with van der Waals surface area (Å²) in [4.78, 5) is 22.6. The van der Waals surface area contributed by atoms with Gasteiger partial charge in [-0.15, -0.1) is 0 Å². The van der Waals surface area contributed by atoms with Crippen molar-refractivity contribution < 1.29 is 23.0 Å². The number of allylic oxidation sites excluding steroid dienone is 4. The maximum absolute atomic E-state index is 16.8. The first-order valence-corrected chi connectivity index (χ1v) is 13.1. The van der Waals surface area contributed by atoms with E-state index >= 15 is 8.78 Å². The minimum atomic E-state index is -2.17. The minimum absolute atomic E-state index is 0.0292. The van der Waals surface area contributed by atoms with Crippen LogP contribution in [0.2, 0.25) is 0 Å². The standard InChI is InChI=1S/C30H32F2N4O3/c1-4-6-25(37)36-16-21(38-3)15-20(36)17-39-29-34-14-12-24(35-29)30(32)13-11-18(2)26(28(30)33)27-22(19-9-10-19)7-5-8-23(27)31/h5,7-8,11-12,14,19-21H,9-10,13,15-17,33H2,1-3H3/t20-,21-,30?/m0/s1. The van der Waals surface area contributed by atoms with E-state index in [1.807, 2.05) is 13.0 Å². The van der Waals surface area contributed by atoms with Gasteiger partial charge < -0.3 is 20.1 Å². The summed E-state index contributed by atoms with van der Waals surface area (Å²) < 4.78 is 43.3. The molecule has 2 N–H and O–H groups in total. The fraction of sp³-hybridized carbons (Fsp3) is 0.433. The van der Waals surface area contributed by atoms with Gasteiger partial charge in [-0.2, -0.15) is 4.98 Å². The van der Waals surface area contributed by atoms with E-state index in [1.165, 1.54) is 18.3 Å². The molecule has 2 fully saturated rings. The number of ether oxygens (including phenoxy) is 2. The molecule has 0 bridgehead atoms. The van der Waals surface area contributed by atoms with Crippen molar-refractivity contribution in [3.63, 3.8) is 0 Å². The zero-order valence-electron chi connectivity index (χ0n) is 22.3. The zero-order valence-corrected chi connectivity index (χ0v) is 22.3. The lowest BCUT2D eigenvalue weighted by atomic mass is 9.79. The molecule has 204 valence electrons. The SMILES string of the molecule is CC#CC(=O)N1C[C@@H](OC)C[C@H]1COc1nccc(C2(F)CC=C(C)C(c3c(F)cccc3C3CC3)=C2N)n1. The molecule has 1 aromatic carbocycles. The number of hydrogen-bond donors (Lipinski definition) is 1. The van der Waals surface area contributed by atoms with E-state index in [9.17, 15) is 4.79 Å². The molecule has 1 aliphatic heterocycles. The second kappa shape index (κ2) is 10.8. The number of amides is 1. The predicted octanol–water partition coefficient (Wildman–Crippen LogP) is 4.40. The molecule has 1 saturated heterocycles. The summed E-state index contributed by atoms with van der Waals surface area (Å²) in [5.41, 5.74) is 6.64. The topological polar surface area (TPSA) is 90.6 Å². The first-order valence-electron chi connectivity index (χ1n) is 13.1. The summed E-state index contributed by atoms with van der Waals surface area (Å²) in [5.74, 6) is 4.71. The molecular formula is C30H32F2N4O3. The van der Waals surface area contributed by atoms with Gasteiger partial charge in [-0.3, -0.25) is 4.79 Å². The van der Waals surface area contributed by atoms with Crippen LogP contribution in [-0.2, 0) is 15.2 Å². The molecule has 0 radical (unpaired) electrons. The maximum Gasteiger partial charge on any atom is 0.316 e. The highest BCUT2D eigenvalue weighted by atomic mass is 19.1. The highest BCUT2D eigenvalue weighted by Gasteiger charge is 2.43. The van der Waals surface area contributed by atoms with Crippen molar-refractivity contribution in [3.8, 4) is 17.9 Å². The average Bonchev–Trinajstić information content (AvgIpc) is 3.69. The summed E-state index contributed by atoms with van der Waals surface area (Å²) in [7, 11) is 1.59. The van der Waals surface area contributed by atoms with Crippen molar-refractivity contribution in [2.24, 2.45) is 5.73 Å². The molecule has 9 heteroatoms. The van der Waals surface area contributed by atoms with Crippen LogP contribution in [0.4, 0.5) is 8.78 Å². The second-order valence-corrected chi connectivity index (χ2v) is 10.3. The van der Waals surface area contributed by atoms with Gasteiger partial charge in [-0.25, -0.2) is 13.8 Å². The van der Waals surface area contributed by atoms with Crippen LogP contribution in [0, 0.1) is 17.7 Å². The van der Waals surface area contributed by atoms with E-state index in [0.717, 1.165) is 24.0 Å². The number of alkyl halides is 1. The molecule has 0 spiro atoms. The molecule has 2 heterocycles. The summed E-state index contributed by atoms with van der Waals surface area (Å²) >= 11 is 0. The number of aromatic nitrogens is 2. The molecule has 2 aromatic rings. The van der Waals surface area contributed by atoms with E-state index in [0.29, 0.717) is 24.1 Å². The third kappa shape index (κ3) is 5.13. The van der Waals surface area contributed by atoms with Crippen molar-refractivity contribution in [1.29, 1.82) is 0 Å². The van der Waals surface area contributed by atoms with E-state index in [1.54, 1.807) is 31.1 Å². The molecule has 1 aromatic heterocycles. The number of rotatable bonds is 7. The van der Waals surface area contributed by atoms with Gasteiger partial charge in [0.25, 0.3) is 5.91 Å². The average molecular weight is 535 g/mol. The summed E-state index contributed by atoms with van der Waals surface area (Å²) in [6.45, 7) is 3.92. The Labute approximate surface area is 227 Å². The van der Waals surface area contributed by atoms with E-state index in [-0.39, 0.29) is 54.4 Å². The molecule has 3 aliphatic rings. The highest BCUT2D eigenvalue weighted by molar-refractivity contribution is 5.94. The number of carbonyl (C=O) groups excluding carboxylic acids is 1. The largest absolute Gasteiger partial charge is 0.461 e.